The van der Waals surface area contributed by atoms with Crippen LogP contribution in [0.1, 0.15) is 31.4 Å². The summed E-state index contributed by atoms with van der Waals surface area (Å²) in [4.78, 5) is 12.6. The van der Waals surface area contributed by atoms with E-state index in [0.717, 1.165) is 16.0 Å². The molecule has 110 valence electrons. The third kappa shape index (κ3) is 3.14. The Morgan fingerprint density at radius 3 is 2.45 bits per heavy atom. The molecule has 0 N–H and O–H groups in total. The molecular weight excluding hydrogens is 267 g/mol. The molecule has 0 fully saturated rings. The molecule has 2 nitrogen and oxygen atoms in total. The molecule has 5 heteroatoms. The van der Waals surface area contributed by atoms with E-state index in [9.17, 15) is 18.0 Å². The molecule has 0 saturated carbocycles. The smallest absolute Gasteiger partial charge is 0.327 e. The van der Waals surface area contributed by atoms with Gasteiger partial charge < -0.3 is 4.90 Å². The van der Waals surface area contributed by atoms with Crippen molar-refractivity contribution < 1.29 is 18.0 Å². The van der Waals surface area contributed by atoms with E-state index in [1.54, 1.807) is 12.1 Å². The Balaban J connectivity index is 2.30. The van der Waals surface area contributed by atoms with Gasteiger partial charge in [0.1, 0.15) is 0 Å². The number of hydrogen-bond acceptors (Lipinski definition) is 1. The molecule has 1 amide bonds. The number of carbonyl (C=O) groups excluding carboxylic acids is 1. The predicted octanol–water partition coefficient (Wildman–Crippen LogP) is 3.55. The molecule has 0 aromatic heterocycles. The number of benzene rings is 1. The zero-order valence-corrected chi connectivity index (χ0v) is 11.6. The number of rotatable bonds is 2. The molecule has 0 spiro atoms. The zero-order chi connectivity index (χ0) is 14.9. The van der Waals surface area contributed by atoms with Crippen LogP contribution >= 0.6 is 0 Å². The van der Waals surface area contributed by atoms with Crippen molar-refractivity contribution in [2.45, 2.75) is 45.5 Å². The minimum Gasteiger partial charge on any atom is -0.327 e. The summed E-state index contributed by atoms with van der Waals surface area (Å²) in [5.74, 6) is -1.48. The largest absolute Gasteiger partial charge is 0.471 e. The lowest BCUT2D eigenvalue weighted by Gasteiger charge is -2.38. The van der Waals surface area contributed by atoms with Crippen LogP contribution in [0.15, 0.2) is 24.3 Å². The van der Waals surface area contributed by atoms with Crippen LogP contribution < -0.4 is 0 Å². The second kappa shape index (κ2) is 5.46. The Labute approximate surface area is 116 Å². The summed E-state index contributed by atoms with van der Waals surface area (Å²) in [5.41, 5.74) is 1.86. The molecule has 0 bridgehead atoms. The van der Waals surface area contributed by atoms with Gasteiger partial charge in [0.25, 0.3) is 0 Å². The molecule has 1 unspecified atom stereocenters. The molecule has 1 aliphatic heterocycles. The van der Waals surface area contributed by atoms with Crippen molar-refractivity contribution in [2.24, 2.45) is 5.92 Å². The third-order valence-electron chi connectivity index (χ3n) is 3.60. The highest BCUT2D eigenvalue weighted by Gasteiger charge is 2.45. The number of fused-ring (bicyclic) bond motifs is 1. The second-order valence-electron chi connectivity index (χ2n) is 5.69. The maximum Gasteiger partial charge on any atom is 0.471 e. The predicted molar refractivity (Wildman–Crippen MR) is 70.0 cm³/mol. The molecule has 0 saturated heterocycles. The number of hydrogen-bond donors (Lipinski definition) is 0. The van der Waals surface area contributed by atoms with Crippen molar-refractivity contribution in [3.05, 3.63) is 35.4 Å². The van der Waals surface area contributed by atoms with Crippen LogP contribution in [0.25, 0.3) is 0 Å². The quantitative estimate of drug-likeness (QED) is 0.813. The summed E-state index contributed by atoms with van der Waals surface area (Å²) in [7, 11) is 0. The standard InChI is InChI=1S/C15H18F3NO/c1-10(2)7-13-8-11-5-3-4-6-12(11)9-19(13)14(20)15(16,17)18/h3-6,10,13H,7-9H2,1-2H3. The lowest BCUT2D eigenvalue weighted by Crippen LogP contribution is -2.50. The van der Waals surface area contributed by atoms with Gasteiger partial charge in [-0.05, 0) is 29.9 Å². The Kier molecular flexibility index (Phi) is 4.06. The molecule has 1 aromatic carbocycles. The van der Waals surface area contributed by atoms with Crippen LogP contribution in [0.2, 0.25) is 0 Å². The molecule has 2 rings (SSSR count). The van der Waals surface area contributed by atoms with Gasteiger partial charge in [-0.25, -0.2) is 0 Å². The van der Waals surface area contributed by atoms with Crippen molar-refractivity contribution in [1.29, 1.82) is 0 Å². The van der Waals surface area contributed by atoms with Crippen molar-refractivity contribution in [3.63, 3.8) is 0 Å². The Bertz CT molecular complexity index is 496. The van der Waals surface area contributed by atoms with E-state index < -0.39 is 12.1 Å². The minimum absolute atomic E-state index is 0.0475. The van der Waals surface area contributed by atoms with Crippen LogP contribution in [0, 0.1) is 5.92 Å². The van der Waals surface area contributed by atoms with E-state index in [4.69, 9.17) is 0 Å². The number of alkyl halides is 3. The topological polar surface area (TPSA) is 20.3 Å². The number of halogens is 3. The van der Waals surface area contributed by atoms with Gasteiger partial charge in [-0.15, -0.1) is 0 Å². The van der Waals surface area contributed by atoms with Crippen LogP contribution in [0.3, 0.4) is 0 Å². The SMILES string of the molecule is CC(C)CC1Cc2ccccc2CN1C(=O)C(F)(F)F. The van der Waals surface area contributed by atoms with Gasteiger partial charge in [-0.1, -0.05) is 38.1 Å². The Morgan fingerprint density at radius 1 is 1.30 bits per heavy atom. The normalized spacial score (nSPS) is 19.1. The van der Waals surface area contributed by atoms with Crippen molar-refractivity contribution in [1.82, 2.24) is 4.90 Å². The highest BCUT2D eigenvalue weighted by Crippen LogP contribution is 2.30. The van der Waals surface area contributed by atoms with Gasteiger partial charge in [-0.2, -0.15) is 13.2 Å². The first-order valence-electron chi connectivity index (χ1n) is 6.73. The van der Waals surface area contributed by atoms with E-state index in [1.165, 1.54) is 0 Å². The number of nitrogens with zero attached hydrogens (tertiary/aromatic N) is 1. The minimum atomic E-state index is -4.80. The Morgan fingerprint density at radius 2 is 1.90 bits per heavy atom. The van der Waals surface area contributed by atoms with E-state index in [2.05, 4.69) is 0 Å². The summed E-state index contributed by atoms with van der Waals surface area (Å²) in [6, 6.07) is 7.01. The average Bonchev–Trinajstić information content (AvgIpc) is 2.35. The van der Waals surface area contributed by atoms with Crippen LogP contribution in [-0.4, -0.2) is 23.0 Å². The van der Waals surface area contributed by atoms with E-state index in [0.29, 0.717) is 12.8 Å². The molecular formula is C15H18F3NO. The maximum absolute atomic E-state index is 12.7. The van der Waals surface area contributed by atoms with E-state index >= 15 is 0 Å². The Hall–Kier alpha value is -1.52. The highest BCUT2D eigenvalue weighted by atomic mass is 19.4. The first-order chi connectivity index (χ1) is 9.29. The molecule has 1 aromatic rings. The lowest BCUT2D eigenvalue weighted by atomic mass is 9.89. The van der Waals surface area contributed by atoms with Gasteiger partial charge in [0.2, 0.25) is 0 Å². The third-order valence-corrected chi connectivity index (χ3v) is 3.60. The molecule has 1 heterocycles. The first kappa shape index (κ1) is 14.9. The highest BCUT2D eigenvalue weighted by molar-refractivity contribution is 5.82. The van der Waals surface area contributed by atoms with Gasteiger partial charge >= 0.3 is 12.1 Å². The van der Waals surface area contributed by atoms with Gasteiger partial charge in [0, 0.05) is 12.6 Å². The first-order valence-corrected chi connectivity index (χ1v) is 6.73. The summed E-state index contributed by atoms with van der Waals surface area (Å²) in [6.45, 7) is 3.96. The van der Waals surface area contributed by atoms with E-state index in [-0.39, 0.29) is 18.5 Å². The van der Waals surface area contributed by atoms with Crippen LogP contribution in [-0.2, 0) is 17.8 Å². The van der Waals surface area contributed by atoms with E-state index in [1.807, 2.05) is 26.0 Å². The number of amides is 1. The van der Waals surface area contributed by atoms with Crippen LogP contribution in [0.5, 0.6) is 0 Å². The molecule has 1 atom stereocenters. The monoisotopic (exact) mass is 285 g/mol. The average molecular weight is 285 g/mol. The molecule has 0 radical (unpaired) electrons. The van der Waals surface area contributed by atoms with Crippen molar-refractivity contribution in [2.75, 3.05) is 0 Å². The number of carbonyl (C=O) groups is 1. The van der Waals surface area contributed by atoms with Gasteiger partial charge in [0.15, 0.2) is 0 Å². The van der Waals surface area contributed by atoms with Crippen molar-refractivity contribution >= 4 is 5.91 Å². The summed E-state index contributed by atoms with van der Waals surface area (Å²) in [5, 5.41) is 0. The van der Waals surface area contributed by atoms with Crippen molar-refractivity contribution in [3.8, 4) is 0 Å². The van der Waals surface area contributed by atoms with Crippen LogP contribution in [0.4, 0.5) is 13.2 Å². The fourth-order valence-electron chi connectivity index (χ4n) is 2.74. The molecule has 0 aliphatic carbocycles. The lowest BCUT2D eigenvalue weighted by molar-refractivity contribution is -0.189. The van der Waals surface area contributed by atoms with Gasteiger partial charge in [-0.3, -0.25) is 4.79 Å². The fraction of sp³-hybridized carbons (Fsp3) is 0.533. The summed E-state index contributed by atoms with van der Waals surface area (Å²) < 4.78 is 38.2. The summed E-state index contributed by atoms with van der Waals surface area (Å²) in [6.07, 6.45) is -3.73. The van der Waals surface area contributed by atoms with Gasteiger partial charge in [0.05, 0.1) is 0 Å². The zero-order valence-electron chi connectivity index (χ0n) is 11.6. The summed E-state index contributed by atoms with van der Waals surface area (Å²) >= 11 is 0. The second-order valence-corrected chi connectivity index (χ2v) is 5.69. The fourth-order valence-corrected chi connectivity index (χ4v) is 2.74. The molecule has 20 heavy (non-hydrogen) atoms. The maximum atomic E-state index is 12.7. The molecule has 1 aliphatic rings.